The van der Waals surface area contributed by atoms with Gasteiger partial charge in [0.15, 0.2) is 44.0 Å². The van der Waals surface area contributed by atoms with Crippen molar-refractivity contribution in [2.24, 2.45) is 0 Å². The van der Waals surface area contributed by atoms with Gasteiger partial charge in [-0.2, -0.15) is 0 Å². The molecule has 0 radical (unpaired) electrons. The first kappa shape index (κ1) is 99.1. The van der Waals surface area contributed by atoms with Gasteiger partial charge in [0.2, 0.25) is 23.6 Å². The number of carbonyl (C=O) groups excluding carboxylic acids is 4. The maximum absolute atomic E-state index is 13.2. The van der Waals surface area contributed by atoms with E-state index in [1.54, 1.807) is 0 Å². The minimum absolute atomic E-state index is 0.877. The summed E-state index contributed by atoms with van der Waals surface area (Å²) in [4.78, 5) is 64.6. The molecule has 53 nitrogen and oxygen atoms in total. The highest BCUT2D eigenvalue weighted by molar-refractivity contribution is 5.77. The third-order valence-electron chi connectivity index (χ3n) is 21.0. The van der Waals surface area contributed by atoms with Gasteiger partial charge >= 0.3 is 5.97 Å². The Hall–Kier alpha value is -4.37. The number of rotatable bonds is 36. The van der Waals surface area contributed by atoms with E-state index in [2.05, 4.69) is 21.3 Å². The molecule has 4 amide bonds. The van der Waals surface area contributed by atoms with E-state index in [4.69, 9.17) is 75.8 Å². The van der Waals surface area contributed by atoms with Gasteiger partial charge in [0.1, 0.15) is 213 Å². The highest BCUT2D eigenvalue weighted by atomic mass is 16.8. The highest BCUT2D eigenvalue weighted by Gasteiger charge is 2.63. The van der Waals surface area contributed by atoms with Gasteiger partial charge in [0.25, 0.3) is 5.79 Å². The van der Waals surface area contributed by atoms with Gasteiger partial charge in [-0.1, -0.05) is 0 Å². The summed E-state index contributed by atoms with van der Waals surface area (Å²) >= 11 is 0. The Balaban J connectivity index is 1.11. The van der Waals surface area contributed by atoms with E-state index in [1.807, 2.05) is 0 Å². The summed E-state index contributed by atoms with van der Waals surface area (Å²) in [6.45, 7) is -8.09. The van der Waals surface area contributed by atoms with Crippen LogP contribution in [0, 0.1) is 0 Å². The predicted octanol–water partition coefficient (Wildman–Crippen LogP) is -21.2. The van der Waals surface area contributed by atoms with E-state index in [-0.39, 0.29) is 0 Å². The van der Waals surface area contributed by atoms with Crippen LogP contribution < -0.4 is 21.3 Å². The number of ether oxygens (including phenoxy) is 16. The monoisotopic (exact) mass is 1730 g/mol. The number of hydrogen-bond acceptors (Lipinski definition) is 48. The number of aliphatic carboxylic acids is 1. The van der Waals surface area contributed by atoms with Crippen molar-refractivity contribution in [1.82, 2.24) is 21.3 Å². The largest absolute Gasteiger partial charge is 0.477 e. The van der Waals surface area contributed by atoms with Crippen LogP contribution in [-0.4, -0.2) is 514 Å². The number of hydrogen-bond donors (Lipinski definition) is 32. The van der Waals surface area contributed by atoms with E-state index in [1.165, 1.54) is 0 Å². The average Bonchev–Trinajstić information content (AvgIpc) is 0.777. The van der Waals surface area contributed by atoms with E-state index < -0.39 is 378 Å². The SMILES string of the molecule is CC(=O)N[C@H]1[C@H](O[C@H]2[C@@H](O)[C@@H](CO[C@@H]3O[C@H](CO)[C@@H](O[C@@H]4O[C@H](CO)[C@H](O)[C@H](O[C@]5(C(=O)O)C[C@H](O)[C@@H](NC(C)=O)[C@H]([C@H](O)[C@H](O)CO)O5)[C@H]4O)[C@H](O)[C@H]3NC(C)=O)O[C@@H](O[C@H]3[C@H](O)[C@@H](NC(C)=O)[C@H](O[C@H]4[C@@H](O)[C@@H](CO)O[C@@H](O[C@@H]([C@H](O)[C@@H](O)CO)[C@H](O)CO)[C@@H]4O)O[C@@H]3CO)[C@@H]2O)O[C@H](CO)[C@@H](O[C@@H]2O[C@H](CO)[C@H](O)[C@H](O)[C@H]2O)[C@@H]1O. The zero-order chi connectivity index (χ0) is 87.7. The fraction of sp³-hybridized carbons (Fsp3) is 0.923. The molecule has 0 aromatic carbocycles. The lowest BCUT2D eigenvalue weighted by molar-refractivity contribution is -0.389. The summed E-state index contributed by atoms with van der Waals surface area (Å²) in [7, 11) is 0. The number of carbonyl (C=O) groups is 5. The topological polar surface area (TPSA) is 848 Å². The second-order valence-electron chi connectivity index (χ2n) is 29.4. The molecule has 0 bridgehead atoms. The van der Waals surface area contributed by atoms with Crippen LogP contribution in [0.3, 0.4) is 0 Å². The Morgan fingerprint density at radius 3 is 1.12 bits per heavy atom. The van der Waals surface area contributed by atoms with Crippen molar-refractivity contribution in [1.29, 1.82) is 0 Å². The van der Waals surface area contributed by atoms with Crippen LogP contribution in [0.1, 0.15) is 34.1 Å². The molecular formula is C65H110N4O49. The lowest BCUT2D eigenvalue weighted by atomic mass is 9.88. The Kier molecular flexibility index (Phi) is 36.5. The van der Waals surface area contributed by atoms with Gasteiger partial charge < -0.3 is 240 Å². The third kappa shape index (κ3) is 22.3. The zero-order valence-electron chi connectivity index (χ0n) is 63.3. The Morgan fingerprint density at radius 2 is 0.703 bits per heavy atom. The summed E-state index contributed by atoms with van der Waals surface area (Å²) in [6.07, 6.45) is -88.2. The number of amides is 4. The van der Waals surface area contributed by atoms with E-state index in [9.17, 15) is 167 Å². The summed E-state index contributed by atoms with van der Waals surface area (Å²) in [5.74, 6) is -9.33. The zero-order valence-corrected chi connectivity index (χ0v) is 63.3. The Morgan fingerprint density at radius 1 is 0.364 bits per heavy atom. The van der Waals surface area contributed by atoms with Crippen molar-refractivity contribution in [2.75, 3.05) is 66.1 Å². The van der Waals surface area contributed by atoms with E-state index in [0.29, 0.717) is 0 Å². The average molecular weight is 1730 g/mol. The number of aliphatic hydroxyl groups is 27. The molecule has 0 saturated carbocycles. The minimum atomic E-state index is -3.29. The van der Waals surface area contributed by atoms with Crippen molar-refractivity contribution in [2.45, 2.75) is 310 Å². The van der Waals surface area contributed by atoms with Crippen molar-refractivity contribution in [3.8, 4) is 0 Å². The molecule has 53 heteroatoms. The fourth-order valence-corrected chi connectivity index (χ4v) is 14.8. The van der Waals surface area contributed by atoms with Gasteiger partial charge in [-0.3, -0.25) is 19.2 Å². The molecule has 8 saturated heterocycles. The molecular weight excluding hydrogens is 1620 g/mol. The Labute approximate surface area is 667 Å². The second kappa shape index (κ2) is 43.5. The van der Waals surface area contributed by atoms with Gasteiger partial charge in [-0.05, 0) is 0 Å². The summed E-state index contributed by atoms with van der Waals surface area (Å²) in [6, 6.07) is -7.78. The molecule has 684 valence electrons. The van der Waals surface area contributed by atoms with Crippen molar-refractivity contribution < 1.29 is 243 Å². The van der Waals surface area contributed by atoms with Gasteiger partial charge in [0.05, 0.1) is 78.2 Å². The molecule has 0 unspecified atom stereocenters. The summed E-state index contributed by atoms with van der Waals surface area (Å²) < 4.78 is 93.8. The van der Waals surface area contributed by atoms with Crippen LogP contribution in [0.25, 0.3) is 0 Å². The maximum Gasteiger partial charge on any atom is 0.364 e. The number of nitrogens with one attached hydrogen (secondary N) is 4. The lowest BCUT2D eigenvalue weighted by Crippen LogP contribution is -2.71. The molecule has 0 spiro atoms. The molecule has 0 aromatic heterocycles. The summed E-state index contributed by atoms with van der Waals surface area (Å²) in [5, 5.41) is 317. The van der Waals surface area contributed by atoms with Crippen LogP contribution >= 0.6 is 0 Å². The standard InChI is InChI=1S/C65H110N4O49/c1-16(79)66-31-20(83)5-65(64(101)102,117-53(31)36(88)22(85)7-71)118-56-39(91)26(11-75)106-63(48(56)100)114-50-27(12-76)107-57(32(41(50)93)67-17(2)80)103-15-30-40(92)55(116-59-33(68-18(3)81)42(94)51(28(13-77)108-59)112-60-45(97)44(96)37(89)24(9-73)104-60)47(99)62(110-30)113-52-29(14-78)109-58(34(43(52)95)69-19(4)82)115-54-38(90)25(10-74)105-61(46(54)98)111-49(23(86)8-72)35(87)21(84)6-70/h20-63,70-78,83-100H,5-15H2,1-4H3,(H,66,79)(H,67,80)(H,68,81)(H,69,82)(H,101,102)/t20-,21-,22+,23+,24+,25+,26+,27+,28+,29+,30+,31+,32+,33+,34+,35+,36+,37-,38-,39-,40-,41+,42+,43+,44-,45+,46+,47+,48+,49+,50+,51+,52+,53+,54-,55-,56-,57+,58-,59-,60-,61-,62-,63-,65-/m0/s1. The molecule has 0 aliphatic carbocycles. The van der Waals surface area contributed by atoms with Gasteiger partial charge in [0, 0.05) is 34.1 Å². The Bertz CT molecular complexity index is 3150. The summed E-state index contributed by atoms with van der Waals surface area (Å²) in [5.41, 5.74) is 0. The maximum atomic E-state index is 13.2. The predicted molar refractivity (Wildman–Crippen MR) is 363 cm³/mol. The van der Waals surface area contributed by atoms with Crippen molar-refractivity contribution >= 4 is 29.6 Å². The third-order valence-corrected chi connectivity index (χ3v) is 21.0. The lowest BCUT2D eigenvalue weighted by Gasteiger charge is -2.51. The molecule has 118 heavy (non-hydrogen) atoms. The van der Waals surface area contributed by atoms with Gasteiger partial charge in [-0.25, -0.2) is 4.79 Å². The number of carboxylic acid groups (broad SMARTS) is 1. The normalized spacial score (nSPS) is 44.7. The van der Waals surface area contributed by atoms with Crippen molar-refractivity contribution in [3.05, 3.63) is 0 Å². The molecule has 0 aromatic rings. The first-order chi connectivity index (χ1) is 55.6. The number of carboxylic acids is 1. The molecule has 8 rings (SSSR count). The fourth-order valence-electron chi connectivity index (χ4n) is 14.8. The number of aliphatic hydroxyl groups excluding tert-OH is 27. The quantitative estimate of drug-likeness (QED) is 0.0277. The van der Waals surface area contributed by atoms with Crippen LogP contribution in [0.2, 0.25) is 0 Å². The second-order valence-corrected chi connectivity index (χ2v) is 29.4. The first-order valence-corrected chi connectivity index (χ1v) is 37.2. The molecule has 8 aliphatic rings. The van der Waals surface area contributed by atoms with Crippen LogP contribution in [0.4, 0.5) is 0 Å². The highest BCUT2D eigenvalue weighted by Crippen LogP contribution is 2.42. The van der Waals surface area contributed by atoms with E-state index in [0.717, 1.165) is 27.7 Å². The van der Waals surface area contributed by atoms with Crippen LogP contribution in [0.15, 0.2) is 0 Å². The molecule has 8 heterocycles. The molecule has 45 atom stereocenters. The molecule has 32 N–H and O–H groups in total. The van der Waals surface area contributed by atoms with E-state index >= 15 is 0 Å². The van der Waals surface area contributed by atoms with Crippen LogP contribution in [0.5, 0.6) is 0 Å². The molecule has 8 aliphatic heterocycles. The van der Waals surface area contributed by atoms with Crippen molar-refractivity contribution in [3.63, 3.8) is 0 Å². The van der Waals surface area contributed by atoms with Crippen LogP contribution in [-0.2, 0) is 99.8 Å². The first-order valence-electron chi connectivity index (χ1n) is 37.2. The van der Waals surface area contributed by atoms with Gasteiger partial charge in [-0.15, -0.1) is 0 Å². The minimum Gasteiger partial charge on any atom is -0.477 e. The molecule has 8 fully saturated rings. The smallest absolute Gasteiger partial charge is 0.364 e.